The lowest BCUT2D eigenvalue weighted by Crippen LogP contribution is -1.95. The molecule has 42 heavy (non-hydrogen) atoms. The van der Waals surface area contributed by atoms with Gasteiger partial charge in [-0.25, -0.2) is 19.9 Å². The maximum absolute atomic E-state index is 5.59. The molecule has 0 aliphatic carbocycles. The number of rotatable bonds is 5. The van der Waals surface area contributed by atoms with Gasteiger partial charge in [-0.3, -0.25) is 0 Å². The molecule has 0 spiro atoms. The summed E-state index contributed by atoms with van der Waals surface area (Å²) < 4.78 is 11.2. The Balaban J connectivity index is 1.47. The summed E-state index contributed by atoms with van der Waals surface area (Å²) in [6.45, 7) is 0. The van der Waals surface area contributed by atoms with E-state index < -0.39 is 0 Å². The van der Waals surface area contributed by atoms with Crippen LogP contribution in [0, 0.1) is 0 Å². The zero-order valence-electron chi connectivity index (χ0n) is 22.3. The first-order valence-corrected chi connectivity index (χ1v) is 13.6. The average Bonchev–Trinajstić information content (AvgIpc) is 3.80. The summed E-state index contributed by atoms with van der Waals surface area (Å²) in [5, 5.41) is 4.33. The Morgan fingerprint density at radius 3 is 1.50 bits per heavy atom. The number of oxazole rings is 2. The van der Waals surface area contributed by atoms with Crippen LogP contribution in [-0.2, 0) is 0 Å². The summed E-state index contributed by atoms with van der Waals surface area (Å²) in [4.78, 5) is 18.3. The molecule has 0 N–H and O–H groups in total. The van der Waals surface area contributed by atoms with E-state index in [2.05, 4.69) is 88.8 Å². The normalized spacial score (nSPS) is 11.3. The zero-order chi connectivity index (χ0) is 27.9. The summed E-state index contributed by atoms with van der Waals surface area (Å²) >= 11 is 0. The molecule has 6 heteroatoms. The molecule has 8 aromatic rings. The molecule has 0 bridgehead atoms. The van der Waals surface area contributed by atoms with Crippen LogP contribution < -0.4 is 0 Å². The lowest BCUT2D eigenvalue weighted by molar-refractivity contribution is 0.569. The lowest BCUT2D eigenvalue weighted by atomic mass is 9.87. The van der Waals surface area contributed by atoms with Crippen molar-refractivity contribution < 1.29 is 8.83 Å². The molecule has 0 fully saturated rings. The third-order valence-electron chi connectivity index (χ3n) is 7.51. The fourth-order valence-corrected chi connectivity index (χ4v) is 5.65. The predicted molar refractivity (Wildman–Crippen MR) is 164 cm³/mol. The summed E-state index contributed by atoms with van der Waals surface area (Å²) in [5.74, 6) is 1.25. The Kier molecular flexibility index (Phi) is 5.67. The second kappa shape index (κ2) is 9.94. The van der Waals surface area contributed by atoms with Crippen molar-refractivity contribution in [2.45, 2.75) is 0 Å². The lowest BCUT2D eigenvalue weighted by Gasteiger charge is -2.18. The Morgan fingerprint density at radius 1 is 0.405 bits per heavy atom. The van der Waals surface area contributed by atoms with Crippen molar-refractivity contribution in [1.82, 2.24) is 19.9 Å². The first-order chi connectivity index (χ1) is 20.8. The van der Waals surface area contributed by atoms with Crippen LogP contribution in [0.1, 0.15) is 0 Å². The van der Waals surface area contributed by atoms with Crippen molar-refractivity contribution in [2.75, 3.05) is 0 Å². The molecule has 4 aromatic carbocycles. The van der Waals surface area contributed by atoms with Gasteiger partial charge < -0.3 is 8.83 Å². The van der Waals surface area contributed by atoms with Crippen molar-refractivity contribution >= 4 is 21.5 Å². The summed E-state index contributed by atoms with van der Waals surface area (Å²) in [5.41, 5.74) is 7.54. The van der Waals surface area contributed by atoms with Crippen LogP contribution in [0.3, 0.4) is 0 Å². The monoisotopic (exact) mass is 542 g/mol. The molecule has 198 valence electrons. The number of pyridine rings is 2. The molecule has 4 heterocycles. The second-order valence-electron chi connectivity index (χ2n) is 9.97. The van der Waals surface area contributed by atoms with Crippen LogP contribution >= 0.6 is 0 Å². The van der Waals surface area contributed by atoms with Gasteiger partial charge in [0.15, 0.2) is 24.3 Å². The molecule has 0 aliphatic rings. The van der Waals surface area contributed by atoms with E-state index >= 15 is 0 Å². The van der Waals surface area contributed by atoms with Crippen LogP contribution in [-0.4, -0.2) is 19.9 Å². The number of hydrogen-bond acceptors (Lipinski definition) is 6. The smallest absolute Gasteiger partial charge is 0.181 e. The highest BCUT2D eigenvalue weighted by Gasteiger charge is 2.20. The molecule has 4 aromatic heterocycles. The zero-order valence-corrected chi connectivity index (χ0v) is 22.3. The third-order valence-corrected chi connectivity index (χ3v) is 7.51. The third kappa shape index (κ3) is 4.05. The molecular weight excluding hydrogens is 520 g/mol. The standard InChI is InChI=1S/C36H22N4O2/c1-2-8-23(9-3-1)24-16-17-27-28(18-24)36(32-15-7-13-30(40-32)34-20-38-22-42-34)26-11-5-4-10-25(26)35(27)31-14-6-12-29(39-31)33-19-37-21-41-33/h1-22H. The van der Waals surface area contributed by atoms with E-state index in [1.807, 2.05) is 30.3 Å². The minimum Gasteiger partial charge on any atom is -0.442 e. The Hall–Kier alpha value is -5.88. The number of hydrogen-bond donors (Lipinski definition) is 0. The van der Waals surface area contributed by atoms with E-state index in [-0.39, 0.29) is 0 Å². The molecule has 8 rings (SSSR count). The molecule has 6 nitrogen and oxygen atoms in total. The molecule has 0 unspecified atom stereocenters. The second-order valence-corrected chi connectivity index (χ2v) is 9.97. The van der Waals surface area contributed by atoms with Gasteiger partial charge in [0.2, 0.25) is 0 Å². The van der Waals surface area contributed by atoms with Crippen LogP contribution in [0.15, 0.2) is 143 Å². The van der Waals surface area contributed by atoms with E-state index in [9.17, 15) is 0 Å². The maximum Gasteiger partial charge on any atom is 0.181 e. The molecule has 0 radical (unpaired) electrons. The predicted octanol–water partition coefficient (Wildman–Crippen LogP) is 9.09. The van der Waals surface area contributed by atoms with Crippen LogP contribution in [0.5, 0.6) is 0 Å². The SMILES string of the molecule is c1ccc(-c2ccc3c(-c4cccc(-c5cnco5)n4)c4ccccc4c(-c4cccc(-c5cnco5)n4)c3c2)cc1. The van der Waals surface area contributed by atoms with Crippen molar-refractivity contribution in [2.24, 2.45) is 0 Å². The Labute approximate surface area is 241 Å². The quantitative estimate of drug-likeness (QED) is 0.202. The van der Waals surface area contributed by atoms with Crippen molar-refractivity contribution in [3.05, 3.63) is 134 Å². The van der Waals surface area contributed by atoms with Gasteiger partial charge in [0.1, 0.15) is 11.4 Å². The van der Waals surface area contributed by atoms with Crippen molar-refractivity contribution in [3.8, 4) is 56.6 Å². The molecule has 0 aliphatic heterocycles. The number of fused-ring (bicyclic) bond motifs is 2. The minimum absolute atomic E-state index is 0.625. The topological polar surface area (TPSA) is 77.8 Å². The molecular formula is C36H22N4O2. The highest BCUT2D eigenvalue weighted by atomic mass is 16.3. The number of benzene rings is 4. The van der Waals surface area contributed by atoms with Gasteiger partial charge >= 0.3 is 0 Å². The van der Waals surface area contributed by atoms with Gasteiger partial charge in [-0.05, 0) is 63.0 Å². The molecule has 0 atom stereocenters. The van der Waals surface area contributed by atoms with Gasteiger partial charge in [-0.1, -0.05) is 78.9 Å². The van der Waals surface area contributed by atoms with Gasteiger partial charge in [0.25, 0.3) is 0 Å². The summed E-state index contributed by atoms with van der Waals surface area (Å²) in [6, 6.07) is 37.5. The fraction of sp³-hybridized carbons (Fsp3) is 0. The summed E-state index contributed by atoms with van der Waals surface area (Å²) in [7, 11) is 0. The highest BCUT2D eigenvalue weighted by molar-refractivity contribution is 6.21. The number of nitrogens with zero attached hydrogens (tertiary/aromatic N) is 4. The maximum atomic E-state index is 5.59. The Bertz CT molecular complexity index is 2190. The van der Waals surface area contributed by atoms with Gasteiger partial charge in [-0.15, -0.1) is 0 Å². The number of aromatic nitrogens is 4. The van der Waals surface area contributed by atoms with E-state index in [1.54, 1.807) is 12.4 Å². The fourth-order valence-electron chi connectivity index (χ4n) is 5.65. The van der Waals surface area contributed by atoms with Gasteiger partial charge in [0, 0.05) is 11.1 Å². The van der Waals surface area contributed by atoms with Crippen molar-refractivity contribution in [1.29, 1.82) is 0 Å². The van der Waals surface area contributed by atoms with E-state index in [4.69, 9.17) is 18.8 Å². The average molecular weight is 543 g/mol. The molecule has 0 amide bonds. The highest BCUT2D eigenvalue weighted by Crippen LogP contribution is 2.44. The minimum atomic E-state index is 0.625. The van der Waals surface area contributed by atoms with E-state index in [0.29, 0.717) is 11.5 Å². The summed E-state index contributed by atoms with van der Waals surface area (Å²) in [6.07, 6.45) is 6.22. The van der Waals surface area contributed by atoms with E-state index in [1.165, 1.54) is 12.8 Å². The van der Waals surface area contributed by atoms with Crippen LogP contribution in [0.2, 0.25) is 0 Å². The van der Waals surface area contributed by atoms with Crippen molar-refractivity contribution in [3.63, 3.8) is 0 Å². The van der Waals surface area contributed by atoms with Crippen LogP contribution in [0.25, 0.3) is 78.1 Å². The van der Waals surface area contributed by atoms with E-state index in [0.717, 1.165) is 66.6 Å². The largest absolute Gasteiger partial charge is 0.442 e. The van der Waals surface area contributed by atoms with Gasteiger partial charge in [0.05, 0.1) is 23.8 Å². The first kappa shape index (κ1) is 24.0. The first-order valence-electron chi connectivity index (χ1n) is 13.6. The Morgan fingerprint density at radius 2 is 0.929 bits per heavy atom. The van der Waals surface area contributed by atoms with Gasteiger partial charge in [-0.2, -0.15) is 0 Å². The van der Waals surface area contributed by atoms with Crippen LogP contribution in [0.4, 0.5) is 0 Å². The molecule has 0 saturated heterocycles. The molecule has 0 saturated carbocycles.